The van der Waals surface area contributed by atoms with Crippen LogP contribution in [0.4, 0.5) is 0 Å². The number of fused-ring (bicyclic) bond motifs is 3. The highest BCUT2D eigenvalue weighted by molar-refractivity contribution is 6.30. The summed E-state index contributed by atoms with van der Waals surface area (Å²) in [5.41, 5.74) is 4.34. The van der Waals surface area contributed by atoms with Crippen LogP contribution in [0.5, 0.6) is 0 Å². The summed E-state index contributed by atoms with van der Waals surface area (Å²) in [6, 6.07) is 20.3. The van der Waals surface area contributed by atoms with E-state index < -0.39 is 0 Å². The van der Waals surface area contributed by atoms with Crippen molar-refractivity contribution in [1.29, 1.82) is 0 Å². The Balaban J connectivity index is 1.24. The van der Waals surface area contributed by atoms with Crippen LogP contribution in [0, 0.1) is 0 Å². The Labute approximate surface area is 181 Å². The van der Waals surface area contributed by atoms with Crippen LogP contribution in [0.1, 0.15) is 30.7 Å². The average Bonchev–Trinajstić information content (AvgIpc) is 3.28. The number of halogens is 1. The van der Waals surface area contributed by atoms with Crippen molar-refractivity contribution in [1.82, 2.24) is 13.9 Å². The number of para-hydroxylation sites is 2. The highest BCUT2D eigenvalue weighted by Gasteiger charge is 2.20. The van der Waals surface area contributed by atoms with Crippen molar-refractivity contribution < 1.29 is 0 Å². The molecule has 0 radical (unpaired) electrons. The third kappa shape index (κ3) is 3.66. The molecule has 0 aliphatic carbocycles. The Bertz CT molecular complexity index is 1220. The van der Waals surface area contributed by atoms with Gasteiger partial charge >= 0.3 is 0 Å². The Morgan fingerprint density at radius 1 is 0.833 bits per heavy atom. The molecule has 1 fully saturated rings. The summed E-state index contributed by atoms with van der Waals surface area (Å²) in [5, 5.41) is 0.803. The number of hydrogen-bond acceptors (Lipinski definition) is 2. The van der Waals surface area contributed by atoms with Gasteiger partial charge in [-0.25, -0.2) is 0 Å². The second kappa shape index (κ2) is 8.29. The minimum atomic E-state index is 0.0974. The number of likely N-dealkylation sites (tertiary alicyclic amines) is 1. The van der Waals surface area contributed by atoms with E-state index in [0.717, 1.165) is 54.2 Å². The van der Waals surface area contributed by atoms with Gasteiger partial charge in [-0.05, 0) is 86.8 Å². The lowest BCUT2D eigenvalue weighted by molar-refractivity contribution is 0.207. The van der Waals surface area contributed by atoms with Gasteiger partial charge in [0.1, 0.15) is 5.52 Å². The topological polar surface area (TPSA) is 29.6 Å². The van der Waals surface area contributed by atoms with Crippen LogP contribution >= 0.6 is 11.6 Å². The monoisotopic (exact) mass is 419 g/mol. The maximum absolute atomic E-state index is 13.0. The second-order valence-corrected chi connectivity index (χ2v) is 8.67. The first-order valence-corrected chi connectivity index (χ1v) is 11.1. The summed E-state index contributed by atoms with van der Waals surface area (Å²) < 4.78 is 3.95. The van der Waals surface area contributed by atoms with Gasteiger partial charge in [-0.3, -0.25) is 4.79 Å². The van der Waals surface area contributed by atoms with Crippen LogP contribution in [-0.4, -0.2) is 33.5 Å². The van der Waals surface area contributed by atoms with Crippen molar-refractivity contribution in [3.63, 3.8) is 0 Å². The SMILES string of the molecule is O=c1c2cccn2c2ccccc2n1CCCN1CCC(c2ccc(Cl)cc2)CC1. The average molecular weight is 420 g/mol. The maximum atomic E-state index is 13.0. The summed E-state index contributed by atoms with van der Waals surface area (Å²) >= 11 is 6.02. The van der Waals surface area contributed by atoms with E-state index in [4.69, 9.17) is 11.6 Å². The van der Waals surface area contributed by atoms with E-state index in [1.165, 1.54) is 18.4 Å². The van der Waals surface area contributed by atoms with E-state index >= 15 is 0 Å². The molecule has 2 aromatic carbocycles. The Morgan fingerprint density at radius 2 is 1.53 bits per heavy atom. The van der Waals surface area contributed by atoms with E-state index in [-0.39, 0.29) is 5.56 Å². The van der Waals surface area contributed by atoms with Crippen LogP contribution in [0.15, 0.2) is 71.7 Å². The summed E-state index contributed by atoms with van der Waals surface area (Å²) in [7, 11) is 0. The standard InChI is InChI=1S/C25H26ClN3O/c26-21-10-8-19(9-11-21)20-12-17-27(18-13-20)14-4-16-29-23-6-2-1-5-22(23)28-15-3-7-24(28)25(29)30/h1-3,5-11,15,20H,4,12-14,16-18H2. The maximum Gasteiger partial charge on any atom is 0.275 e. The van der Waals surface area contributed by atoms with Crippen LogP contribution in [0.2, 0.25) is 5.02 Å². The number of hydrogen-bond donors (Lipinski definition) is 0. The van der Waals surface area contributed by atoms with Crippen LogP contribution in [0.3, 0.4) is 0 Å². The van der Waals surface area contributed by atoms with Crippen LogP contribution < -0.4 is 5.56 Å². The molecule has 0 unspecified atom stereocenters. The van der Waals surface area contributed by atoms with Crippen LogP contribution in [0.25, 0.3) is 16.6 Å². The summed E-state index contributed by atoms with van der Waals surface area (Å²) in [6.45, 7) is 4.00. The summed E-state index contributed by atoms with van der Waals surface area (Å²) in [4.78, 5) is 15.6. The zero-order chi connectivity index (χ0) is 20.5. The van der Waals surface area contributed by atoms with E-state index in [2.05, 4.69) is 23.1 Å². The number of nitrogens with zero attached hydrogens (tertiary/aromatic N) is 3. The molecule has 1 aliphatic heterocycles. The van der Waals surface area contributed by atoms with Crippen molar-refractivity contribution in [3.05, 3.63) is 87.8 Å². The lowest BCUT2D eigenvalue weighted by Gasteiger charge is -2.32. The molecular formula is C25H26ClN3O. The molecule has 2 aromatic heterocycles. The Morgan fingerprint density at radius 3 is 2.30 bits per heavy atom. The van der Waals surface area contributed by atoms with Crippen molar-refractivity contribution in [3.8, 4) is 0 Å². The molecule has 0 amide bonds. The Hall–Kier alpha value is -2.56. The fourth-order valence-corrected chi connectivity index (χ4v) is 4.93. The van der Waals surface area contributed by atoms with Crippen LogP contribution in [-0.2, 0) is 6.54 Å². The number of rotatable bonds is 5. The van der Waals surface area contributed by atoms with E-state index in [9.17, 15) is 4.79 Å². The quantitative estimate of drug-likeness (QED) is 0.446. The van der Waals surface area contributed by atoms with Crippen molar-refractivity contribution >= 4 is 28.2 Å². The molecule has 0 saturated carbocycles. The smallest absolute Gasteiger partial charge is 0.275 e. The molecule has 3 heterocycles. The van der Waals surface area contributed by atoms with Gasteiger partial charge in [0.25, 0.3) is 5.56 Å². The van der Waals surface area contributed by atoms with Crippen molar-refractivity contribution in [2.75, 3.05) is 19.6 Å². The predicted octanol–water partition coefficient (Wildman–Crippen LogP) is 5.18. The molecule has 1 saturated heterocycles. The molecule has 0 atom stereocenters. The normalized spacial score (nSPS) is 15.9. The number of aromatic nitrogens is 2. The summed E-state index contributed by atoms with van der Waals surface area (Å²) in [6.07, 6.45) is 5.31. The van der Waals surface area contributed by atoms with Gasteiger partial charge in [0, 0.05) is 17.8 Å². The summed E-state index contributed by atoms with van der Waals surface area (Å²) in [5.74, 6) is 0.627. The molecule has 4 nitrogen and oxygen atoms in total. The number of piperidine rings is 1. The fraction of sp³-hybridized carbons (Fsp3) is 0.320. The second-order valence-electron chi connectivity index (χ2n) is 8.23. The predicted molar refractivity (Wildman–Crippen MR) is 124 cm³/mol. The minimum Gasteiger partial charge on any atom is -0.310 e. The van der Waals surface area contributed by atoms with Gasteiger partial charge < -0.3 is 13.9 Å². The number of benzene rings is 2. The first kappa shape index (κ1) is 19.4. The fourth-order valence-electron chi connectivity index (χ4n) is 4.81. The van der Waals surface area contributed by atoms with Gasteiger partial charge in [0.15, 0.2) is 0 Å². The molecule has 1 aliphatic rings. The molecular weight excluding hydrogens is 394 g/mol. The zero-order valence-corrected chi connectivity index (χ0v) is 17.8. The van der Waals surface area contributed by atoms with Crippen molar-refractivity contribution in [2.45, 2.75) is 31.7 Å². The van der Waals surface area contributed by atoms with Gasteiger partial charge in [-0.15, -0.1) is 0 Å². The molecule has 30 heavy (non-hydrogen) atoms. The van der Waals surface area contributed by atoms with Gasteiger partial charge in [0.2, 0.25) is 0 Å². The first-order valence-electron chi connectivity index (χ1n) is 10.8. The zero-order valence-electron chi connectivity index (χ0n) is 17.0. The Kier molecular flexibility index (Phi) is 5.36. The number of aryl methyl sites for hydroxylation is 1. The molecule has 4 aromatic rings. The molecule has 5 rings (SSSR count). The van der Waals surface area contributed by atoms with E-state index in [1.807, 2.05) is 57.6 Å². The lowest BCUT2D eigenvalue weighted by atomic mass is 9.89. The molecule has 0 N–H and O–H groups in total. The minimum absolute atomic E-state index is 0.0974. The first-order chi connectivity index (χ1) is 14.7. The highest BCUT2D eigenvalue weighted by Crippen LogP contribution is 2.29. The van der Waals surface area contributed by atoms with Gasteiger partial charge in [0.05, 0.1) is 11.0 Å². The van der Waals surface area contributed by atoms with Gasteiger partial charge in [-0.2, -0.15) is 0 Å². The highest BCUT2D eigenvalue weighted by atomic mass is 35.5. The third-order valence-electron chi connectivity index (χ3n) is 6.43. The molecule has 0 spiro atoms. The molecule has 5 heteroatoms. The van der Waals surface area contributed by atoms with E-state index in [1.54, 1.807) is 0 Å². The third-order valence-corrected chi connectivity index (χ3v) is 6.68. The van der Waals surface area contributed by atoms with Gasteiger partial charge in [-0.1, -0.05) is 35.9 Å². The largest absolute Gasteiger partial charge is 0.310 e. The van der Waals surface area contributed by atoms with Crippen molar-refractivity contribution in [2.24, 2.45) is 0 Å². The van der Waals surface area contributed by atoms with E-state index in [0.29, 0.717) is 5.92 Å². The lowest BCUT2D eigenvalue weighted by Crippen LogP contribution is -2.34. The molecule has 0 bridgehead atoms. The molecule has 154 valence electrons.